The van der Waals surface area contributed by atoms with Crippen LogP contribution >= 0.6 is 0 Å². The highest BCUT2D eigenvalue weighted by molar-refractivity contribution is 5.82. The van der Waals surface area contributed by atoms with Crippen molar-refractivity contribution in [2.45, 2.75) is 32.5 Å². The quantitative estimate of drug-likeness (QED) is 0.694. The molecular formula is C9H15F3N2O3. The van der Waals surface area contributed by atoms with E-state index in [1.165, 1.54) is 0 Å². The minimum atomic E-state index is -4.52. The van der Waals surface area contributed by atoms with Crippen LogP contribution in [0.5, 0.6) is 0 Å². The summed E-state index contributed by atoms with van der Waals surface area (Å²) < 4.78 is 35.3. The standard InChI is InChI=1S/C9H15F3N2O3/c1-3-5(2)6(7(15)16)14-8(17)13-4-9(10,11)12/h5-6H,3-4H2,1-2H3,(H,15,16)(H2,13,14,17)/t5?,6-/m0/s1. The van der Waals surface area contributed by atoms with Crippen molar-refractivity contribution in [3.8, 4) is 0 Å². The summed E-state index contributed by atoms with van der Waals surface area (Å²) in [5, 5.41) is 12.3. The third-order valence-corrected chi connectivity index (χ3v) is 2.22. The third kappa shape index (κ3) is 6.64. The van der Waals surface area contributed by atoms with Gasteiger partial charge < -0.3 is 15.7 Å². The molecule has 0 rings (SSSR count). The first-order valence-electron chi connectivity index (χ1n) is 5.01. The van der Waals surface area contributed by atoms with Crippen LogP contribution < -0.4 is 10.6 Å². The highest BCUT2D eigenvalue weighted by atomic mass is 19.4. The number of hydrogen-bond donors (Lipinski definition) is 3. The number of hydrogen-bond acceptors (Lipinski definition) is 2. The maximum atomic E-state index is 11.8. The Morgan fingerprint density at radius 1 is 1.35 bits per heavy atom. The number of urea groups is 1. The zero-order chi connectivity index (χ0) is 13.6. The fraction of sp³-hybridized carbons (Fsp3) is 0.778. The van der Waals surface area contributed by atoms with Crippen LogP contribution in [0, 0.1) is 5.92 Å². The maximum Gasteiger partial charge on any atom is 0.405 e. The van der Waals surface area contributed by atoms with Gasteiger partial charge in [0.05, 0.1) is 0 Å². The topological polar surface area (TPSA) is 78.4 Å². The lowest BCUT2D eigenvalue weighted by atomic mass is 9.99. The van der Waals surface area contributed by atoms with Crippen LogP contribution in [0.1, 0.15) is 20.3 Å². The Hall–Kier alpha value is -1.47. The second-order valence-corrected chi connectivity index (χ2v) is 3.64. The van der Waals surface area contributed by atoms with Crippen LogP contribution in [0.3, 0.4) is 0 Å². The van der Waals surface area contributed by atoms with Gasteiger partial charge in [0.25, 0.3) is 0 Å². The molecule has 3 N–H and O–H groups in total. The van der Waals surface area contributed by atoms with Crippen LogP contribution in [-0.2, 0) is 4.79 Å². The average molecular weight is 256 g/mol. The minimum Gasteiger partial charge on any atom is -0.480 e. The first-order chi connectivity index (χ1) is 7.67. The Bertz CT molecular complexity index is 281. The molecule has 100 valence electrons. The van der Waals surface area contributed by atoms with Crippen LogP contribution in [0.25, 0.3) is 0 Å². The van der Waals surface area contributed by atoms with E-state index >= 15 is 0 Å². The first kappa shape index (κ1) is 15.5. The number of nitrogens with one attached hydrogen (secondary N) is 2. The number of carboxylic acid groups (broad SMARTS) is 1. The first-order valence-corrected chi connectivity index (χ1v) is 5.01. The molecule has 2 atom stereocenters. The number of carbonyl (C=O) groups is 2. The van der Waals surface area contributed by atoms with Gasteiger partial charge in [-0.1, -0.05) is 20.3 Å². The summed E-state index contributed by atoms with van der Waals surface area (Å²) in [6, 6.07) is -2.34. The molecule has 0 heterocycles. The molecule has 17 heavy (non-hydrogen) atoms. The van der Waals surface area contributed by atoms with Gasteiger partial charge >= 0.3 is 18.2 Å². The van der Waals surface area contributed by atoms with Crippen LogP contribution in [0.2, 0.25) is 0 Å². The Kier molecular flexibility index (Phi) is 5.77. The van der Waals surface area contributed by atoms with Gasteiger partial charge in [-0.25, -0.2) is 9.59 Å². The van der Waals surface area contributed by atoms with Crippen LogP contribution in [-0.4, -0.2) is 35.9 Å². The molecule has 8 heteroatoms. The Morgan fingerprint density at radius 3 is 2.24 bits per heavy atom. The zero-order valence-corrected chi connectivity index (χ0v) is 9.47. The molecule has 1 unspecified atom stereocenters. The largest absolute Gasteiger partial charge is 0.480 e. The fourth-order valence-corrected chi connectivity index (χ4v) is 1.06. The van der Waals surface area contributed by atoms with E-state index in [1.54, 1.807) is 19.2 Å². The lowest BCUT2D eigenvalue weighted by molar-refractivity contribution is -0.140. The number of carbonyl (C=O) groups excluding carboxylic acids is 1. The molecule has 0 aliphatic rings. The van der Waals surface area contributed by atoms with Crippen molar-refractivity contribution in [1.82, 2.24) is 10.6 Å². The summed E-state index contributed by atoms with van der Waals surface area (Å²) in [5.41, 5.74) is 0. The van der Waals surface area contributed by atoms with E-state index in [1.807, 2.05) is 5.32 Å². The van der Waals surface area contributed by atoms with Gasteiger partial charge in [0.2, 0.25) is 0 Å². The lowest BCUT2D eigenvalue weighted by Gasteiger charge is -2.20. The molecule has 0 spiro atoms. The summed E-state index contributed by atoms with van der Waals surface area (Å²) in [7, 11) is 0. The number of amides is 2. The fourth-order valence-electron chi connectivity index (χ4n) is 1.06. The van der Waals surface area contributed by atoms with Crippen molar-refractivity contribution < 1.29 is 27.9 Å². The second kappa shape index (κ2) is 6.31. The third-order valence-electron chi connectivity index (χ3n) is 2.22. The monoisotopic (exact) mass is 256 g/mol. The second-order valence-electron chi connectivity index (χ2n) is 3.64. The number of carboxylic acids is 1. The van der Waals surface area contributed by atoms with Gasteiger partial charge in [0.15, 0.2) is 0 Å². The molecule has 0 fully saturated rings. The number of aliphatic carboxylic acids is 1. The number of rotatable bonds is 5. The van der Waals surface area contributed by atoms with Crippen molar-refractivity contribution in [2.75, 3.05) is 6.54 Å². The van der Waals surface area contributed by atoms with E-state index in [2.05, 4.69) is 0 Å². The molecule has 0 aromatic carbocycles. The molecule has 0 aliphatic heterocycles. The summed E-state index contributed by atoms with van der Waals surface area (Å²) in [5.74, 6) is -1.65. The SMILES string of the molecule is CCC(C)[C@H](NC(=O)NCC(F)(F)F)C(=O)O. The Labute approximate surface area is 96.4 Å². The summed E-state index contributed by atoms with van der Waals surface area (Å²) in [6.45, 7) is 1.81. The molecule has 0 saturated carbocycles. The summed E-state index contributed by atoms with van der Waals surface area (Å²) in [4.78, 5) is 21.8. The molecule has 0 saturated heterocycles. The highest BCUT2D eigenvalue weighted by Crippen LogP contribution is 2.12. The lowest BCUT2D eigenvalue weighted by Crippen LogP contribution is -2.50. The highest BCUT2D eigenvalue weighted by Gasteiger charge is 2.30. The Balaban J connectivity index is 4.28. The Morgan fingerprint density at radius 2 is 1.88 bits per heavy atom. The van der Waals surface area contributed by atoms with E-state index in [-0.39, 0.29) is 5.92 Å². The predicted molar refractivity (Wildman–Crippen MR) is 53.5 cm³/mol. The van der Waals surface area contributed by atoms with Gasteiger partial charge in [-0.3, -0.25) is 0 Å². The van der Waals surface area contributed by atoms with Gasteiger partial charge in [0, 0.05) is 0 Å². The summed E-state index contributed by atoms with van der Waals surface area (Å²) in [6.07, 6.45) is -4.04. The van der Waals surface area contributed by atoms with E-state index in [4.69, 9.17) is 5.11 Å². The van der Waals surface area contributed by atoms with Crippen molar-refractivity contribution in [3.05, 3.63) is 0 Å². The van der Waals surface area contributed by atoms with E-state index < -0.39 is 30.8 Å². The van der Waals surface area contributed by atoms with Gasteiger partial charge in [-0.05, 0) is 5.92 Å². The molecule has 2 amide bonds. The average Bonchev–Trinajstić information content (AvgIpc) is 2.20. The van der Waals surface area contributed by atoms with E-state index in [9.17, 15) is 22.8 Å². The van der Waals surface area contributed by atoms with Crippen molar-refractivity contribution >= 4 is 12.0 Å². The van der Waals surface area contributed by atoms with Gasteiger partial charge in [0.1, 0.15) is 12.6 Å². The molecule has 0 radical (unpaired) electrons. The smallest absolute Gasteiger partial charge is 0.405 e. The van der Waals surface area contributed by atoms with Crippen LogP contribution in [0.15, 0.2) is 0 Å². The van der Waals surface area contributed by atoms with Crippen molar-refractivity contribution in [2.24, 2.45) is 5.92 Å². The normalized spacial score (nSPS) is 14.9. The molecule has 0 aliphatic carbocycles. The molecule has 5 nitrogen and oxygen atoms in total. The van der Waals surface area contributed by atoms with Crippen molar-refractivity contribution in [1.29, 1.82) is 0 Å². The predicted octanol–water partition coefficient (Wildman–Crippen LogP) is 1.35. The van der Waals surface area contributed by atoms with E-state index in [0.29, 0.717) is 6.42 Å². The molecule has 0 aromatic rings. The van der Waals surface area contributed by atoms with E-state index in [0.717, 1.165) is 0 Å². The number of alkyl halides is 3. The number of halogens is 3. The van der Waals surface area contributed by atoms with Crippen LogP contribution in [0.4, 0.5) is 18.0 Å². The maximum absolute atomic E-state index is 11.8. The molecule has 0 aromatic heterocycles. The molecule has 0 bridgehead atoms. The minimum absolute atomic E-state index is 0.371. The van der Waals surface area contributed by atoms with Gasteiger partial charge in [-0.15, -0.1) is 0 Å². The van der Waals surface area contributed by atoms with Gasteiger partial charge in [-0.2, -0.15) is 13.2 Å². The summed E-state index contributed by atoms with van der Waals surface area (Å²) >= 11 is 0. The van der Waals surface area contributed by atoms with Crippen molar-refractivity contribution in [3.63, 3.8) is 0 Å². The molecular weight excluding hydrogens is 241 g/mol. The zero-order valence-electron chi connectivity index (χ0n) is 9.47.